The van der Waals surface area contributed by atoms with Gasteiger partial charge in [-0.1, -0.05) is 19.3 Å². The molecule has 0 unspecified atom stereocenters. The van der Waals surface area contributed by atoms with Gasteiger partial charge in [0.15, 0.2) is 0 Å². The van der Waals surface area contributed by atoms with Gasteiger partial charge in [-0.25, -0.2) is 0 Å². The second-order valence-electron chi connectivity index (χ2n) is 4.28. The topological polar surface area (TPSA) is 41.1 Å². The maximum absolute atomic E-state index is 11.3. The third-order valence-corrected chi connectivity index (χ3v) is 3.08. The lowest BCUT2D eigenvalue weighted by Gasteiger charge is -2.28. The molecule has 0 aromatic carbocycles. The molecule has 14 heavy (non-hydrogen) atoms. The SMILES string of the molecule is CNCC(=O)N[C@@H](C)C1CCCCC1. The zero-order chi connectivity index (χ0) is 10.4. The Kier molecular flexibility index (Phi) is 4.94. The summed E-state index contributed by atoms with van der Waals surface area (Å²) in [4.78, 5) is 11.3. The van der Waals surface area contributed by atoms with Crippen LogP contribution >= 0.6 is 0 Å². The van der Waals surface area contributed by atoms with Gasteiger partial charge < -0.3 is 10.6 Å². The van der Waals surface area contributed by atoms with Crippen LogP contribution in [0.25, 0.3) is 0 Å². The number of hydrogen-bond acceptors (Lipinski definition) is 2. The van der Waals surface area contributed by atoms with Gasteiger partial charge in [0.25, 0.3) is 0 Å². The van der Waals surface area contributed by atoms with E-state index in [0.717, 1.165) is 0 Å². The van der Waals surface area contributed by atoms with Crippen LogP contribution in [0.4, 0.5) is 0 Å². The minimum Gasteiger partial charge on any atom is -0.352 e. The van der Waals surface area contributed by atoms with E-state index in [-0.39, 0.29) is 5.91 Å². The molecule has 0 aromatic heterocycles. The standard InChI is InChI=1S/C11H22N2O/c1-9(13-11(14)8-12-2)10-6-4-3-5-7-10/h9-10,12H,3-8H2,1-2H3,(H,13,14)/t9-/m0/s1. The predicted molar refractivity (Wildman–Crippen MR) is 58.1 cm³/mol. The van der Waals surface area contributed by atoms with E-state index in [1.807, 2.05) is 0 Å². The molecule has 2 N–H and O–H groups in total. The molecule has 1 atom stereocenters. The number of amides is 1. The summed E-state index contributed by atoms with van der Waals surface area (Å²) < 4.78 is 0. The highest BCUT2D eigenvalue weighted by Crippen LogP contribution is 2.26. The molecule has 0 aromatic rings. The lowest BCUT2D eigenvalue weighted by molar-refractivity contribution is -0.121. The average Bonchev–Trinajstić information content (AvgIpc) is 2.19. The molecular formula is C11H22N2O. The fourth-order valence-corrected chi connectivity index (χ4v) is 2.22. The van der Waals surface area contributed by atoms with E-state index in [1.54, 1.807) is 7.05 Å². The fourth-order valence-electron chi connectivity index (χ4n) is 2.22. The Morgan fingerprint density at radius 2 is 2.00 bits per heavy atom. The van der Waals surface area contributed by atoms with Crippen LogP contribution in [0.3, 0.4) is 0 Å². The summed E-state index contributed by atoms with van der Waals surface area (Å²) in [5.74, 6) is 0.815. The van der Waals surface area contributed by atoms with Gasteiger partial charge >= 0.3 is 0 Å². The number of hydrogen-bond donors (Lipinski definition) is 2. The van der Waals surface area contributed by atoms with Gasteiger partial charge in [-0.15, -0.1) is 0 Å². The zero-order valence-corrected chi connectivity index (χ0v) is 9.31. The molecule has 1 amide bonds. The predicted octanol–water partition coefficient (Wildman–Crippen LogP) is 1.29. The Morgan fingerprint density at radius 1 is 1.36 bits per heavy atom. The Balaban J connectivity index is 2.25. The Labute approximate surface area is 86.6 Å². The first-order valence-electron chi connectivity index (χ1n) is 5.68. The highest BCUT2D eigenvalue weighted by atomic mass is 16.1. The van der Waals surface area contributed by atoms with Crippen LogP contribution < -0.4 is 10.6 Å². The second kappa shape index (κ2) is 6.02. The molecular weight excluding hydrogens is 176 g/mol. The summed E-state index contributed by atoms with van der Waals surface area (Å²) in [6, 6.07) is 0.344. The van der Waals surface area contributed by atoms with Crippen LogP contribution in [0.1, 0.15) is 39.0 Å². The van der Waals surface area contributed by atoms with Crippen molar-refractivity contribution in [1.29, 1.82) is 0 Å². The third kappa shape index (κ3) is 3.66. The molecule has 3 nitrogen and oxygen atoms in total. The van der Waals surface area contributed by atoms with Crippen LogP contribution in [0, 0.1) is 5.92 Å². The van der Waals surface area contributed by atoms with Crippen LogP contribution in [-0.2, 0) is 4.79 Å². The number of likely N-dealkylation sites (N-methyl/N-ethyl adjacent to an activating group) is 1. The minimum atomic E-state index is 0.116. The van der Waals surface area contributed by atoms with Gasteiger partial charge in [0.05, 0.1) is 6.54 Å². The molecule has 82 valence electrons. The van der Waals surface area contributed by atoms with Crippen molar-refractivity contribution in [2.75, 3.05) is 13.6 Å². The van der Waals surface area contributed by atoms with Gasteiger partial charge in [0, 0.05) is 6.04 Å². The van der Waals surface area contributed by atoms with E-state index in [2.05, 4.69) is 17.6 Å². The Bertz CT molecular complexity index is 176. The molecule has 0 bridgehead atoms. The first kappa shape index (κ1) is 11.5. The van der Waals surface area contributed by atoms with Gasteiger partial charge in [-0.05, 0) is 32.7 Å². The normalized spacial score (nSPS) is 20.4. The summed E-state index contributed by atoms with van der Waals surface area (Å²) in [5, 5.41) is 5.91. The van der Waals surface area contributed by atoms with E-state index >= 15 is 0 Å². The number of carbonyl (C=O) groups is 1. The van der Waals surface area contributed by atoms with Crippen molar-refractivity contribution in [3.63, 3.8) is 0 Å². The Hall–Kier alpha value is -0.570. The van der Waals surface area contributed by atoms with Crippen molar-refractivity contribution in [1.82, 2.24) is 10.6 Å². The summed E-state index contributed by atoms with van der Waals surface area (Å²) in [5.41, 5.74) is 0. The van der Waals surface area contributed by atoms with Gasteiger partial charge in [-0.3, -0.25) is 4.79 Å². The summed E-state index contributed by atoms with van der Waals surface area (Å²) in [6.45, 7) is 2.56. The first-order chi connectivity index (χ1) is 6.74. The van der Waals surface area contributed by atoms with Crippen molar-refractivity contribution in [3.8, 4) is 0 Å². The van der Waals surface area contributed by atoms with Crippen molar-refractivity contribution in [3.05, 3.63) is 0 Å². The number of carbonyl (C=O) groups excluding carboxylic acids is 1. The lowest BCUT2D eigenvalue weighted by atomic mass is 9.84. The molecule has 1 fully saturated rings. The molecule has 0 radical (unpaired) electrons. The van der Waals surface area contributed by atoms with Crippen LogP contribution in [0.15, 0.2) is 0 Å². The van der Waals surface area contributed by atoms with E-state index in [4.69, 9.17) is 0 Å². The average molecular weight is 198 g/mol. The molecule has 0 heterocycles. The quantitative estimate of drug-likeness (QED) is 0.714. The van der Waals surface area contributed by atoms with Gasteiger partial charge in [0.1, 0.15) is 0 Å². The molecule has 1 aliphatic rings. The molecule has 0 aliphatic heterocycles. The molecule has 1 rings (SSSR count). The minimum absolute atomic E-state index is 0.116. The first-order valence-corrected chi connectivity index (χ1v) is 5.68. The smallest absolute Gasteiger partial charge is 0.234 e. The van der Waals surface area contributed by atoms with Gasteiger partial charge in [0.2, 0.25) is 5.91 Å². The van der Waals surface area contributed by atoms with Crippen molar-refractivity contribution >= 4 is 5.91 Å². The fraction of sp³-hybridized carbons (Fsp3) is 0.909. The molecule has 0 spiro atoms. The largest absolute Gasteiger partial charge is 0.352 e. The molecule has 0 saturated heterocycles. The number of rotatable bonds is 4. The third-order valence-electron chi connectivity index (χ3n) is 3.08. The molecule has 1 aliphatic carbocycles. The summed E-state index contributed by atoms with van der Waals surface area (Å²) in [7, 11) is 1.80. The van der Waals surface area contributed by atoms with E-state index < -0.39 is 0 Å². The van der Waals surface area contributed by atoms with Crippen LogP contribution in [-0.4, -0.2) is 25.5 Å². The van der Waals surface area contributed by atoms with Crippen LogP contribution in [0.2, 0.25) is 0 Å². The van der Waals surface area contributed by atoms with Gasteiger partial charge in [-0.2, -0.15) is 0 Å². The van der Waals surface area contributed by atoms with Crippen molar-refractivity contribution in [2.45, 2.75) is 45.1 Å². The Morgan fingerprint density at radius 3 is 2.57 bits per heavy atom. The molecule has 3 heteroatoms. The monoisotopic (exact) mass is 198 g/mol. The molecule has 1 saturated carbocycles. The van der Waals surface area contributed by atoms with E-state index in [0.29, 0.717) is 18.5 Å². The van der Waals surface area contributed by atoms with E-state index in [9.17, 15) is 4.79 Å². The van der Waals surface area contributed by atoms with Crippen LogP contribution in [0.5, 0.6) is 0 Å². The summed E-state index contributed by atoms with van der Waals surface area (Å²) >= 11 is 0. The maximum atomic E-state index is 11.3. The highest BCUT2D eigenvalue weighted by molar-refractivity contribution is 5.78. The van der Waals surface area contributed by atoms with Crippen molar-refractivity contribution < 1.29 is 4.79 Å². The number of nitrogens with one attached hydrogen (secondary N) is 2. The highest BCUT2D eigenvalue weighted by Gasteiger charge is 2.20. The van der Waals surface area contributed by atoms with E-state index in [1.165, 1.54) is 32.1 Å². The summed E-state index contributed by atoms with van der Waals surface area (Å²) in [6.07, 6.45) is 6.59. The second-order valence-corrected chi connectivity index (χ2v) is 4.28. The van der Waals surface area contributed by atoms with Crippen molar-refractivity contribution in [2.24, 2.45) is 5.92 Å². The zero-order valence-electron chi connectivity index (χ0n) is 9.31. The maximum Gasteiger partial charge on any atom is 0.234 e. The lowest BCUT2D eigenvalue weighted by Crippen LogP contribution is -2.42.